The average molecular weight is 223 g/mol. The highest BCUT2D eigenvalue weighted by molar-refractivity contribution is 5.88. The molecule has 0 aliphatic carbocycles. The minimum absolute atomic E-state index is 0.762. The largest absolute Gasteiger partial charge is 0.398 e. The third-order valence-corrected chi connectivity index (χ3v) is 2.98. The first-order valence-corrected chi connectivity index (χ1v) is 5.58. The van der Waals surface area contributed by atoms with Gasteiger partial charge in [-0.05, 0) is 49.2 Å². The van der Waals surface area contributed by atoms with E-state index < -0.39 is 0 Å². The molecular formula is C14H13N3. The second-order valence-electron chi connectivity index (χ2n) is 4.41. The molecule has 1 aromatic heterocycles. The summed E-state index contributed by atoms with van der Waals surface area (Å²) in [6, 6.07) is 9.96. The number of anilines is 1. The molecule has 0 atom stereocenters. The predicted molar refractivity (Wildman–Crippen MR) is 70.9 cm³/mol. The van der Waals surface area contributed by atoms with Crippen LogP contribution >= 0.6 is 0 Å². The Morgan fingerprint density at radius 1 is 0.824 bits per heavy atom. The van der Waals surface area contributed by atoms with E-state index in [1.807, 2.05) is 37.3 Å². The highest BCUT2D eigenvalue weighted by Crippen LogP contribution is 2.21. The van der Waals surface area contributed by atoms with Crippen molar-refractivity contribution in [3.05, 3.63) is 41.5 Å². The molecule has 3 rings (SSSR count). The predicted octanol–water partition coefficient (Wildman–Crippen LogP) is 2.98. The number of aryl methyl sites for hydroxylation is 2. The molecular weight excluding hydrogens is 210 g/mol. The summed E-state index contributed by atoms with van der Waals surface area (Å²) in [4.78, 5) is 9.20. The fourth-order valence-corrected chi connectivity index (χ4v) is 1.95. The number of nitrogen functional groups attached to an aromatic ring is 1. The van der Waals surface area contributed by atoms with Crippen LogP contribution in [0.1, 0.15) is 11.1 Å². The summed E-state index contributed by atoms with van der Waals surface area (Å²) in [7, 11) is 0. The summed E-state index contributed by atoms with van der Waals surface area (Å²) in [6.45, 7) is 4.04. The monoisotopic (exact) mass is 223 g/mol. The minimum atomic E-state index is 0.762. The molecule has 0 radical (unpaired) electrons. The van der Waals surface area contributed by atoms with E-state index in [2.05, 4.69) is 16.9 Å². The molecule has 0 saturated carbocycles. The molecule has 0 spiro atoms. The average Bonchev–Trinajstić information content (AvgIpc) is 2.28. The van der Waals surface area contributed by atoms with Gasteiger partial charge in [-0.15, -0.1) is 0 Å². The lowest BCUT2D eigenvalue weighted by Gasteiger charge is -2.05. The lowest BCUT2D eigenvalue weighted by Crippen LogP contribution is -1.93. The maximum absolute atomic E-state index is 5.89. The molecule has 17 heavy (non-hydrogen) atoms. The van der Waals surface area contributed by atoms with Crippen LogP contribution in [0, 0.1) is 13.8 Å². The van der Waals surface area contributed by atoms with Crippen LogP contribution in [0.2, 0.25) is 0 Å². The van der Waals surface area contributed by atoms with E-state index in [4.69, 9.17) is 5.73 Å². The van der Waals surface area contributed by atoms with Crippen molar-refractivity contribution in [1.82, 2.24) is 9.97 Å². The number of nitrogens with two attached hydrogens (primary N) is 1. The van der Waals surface area contributed by atoms with E-state index in [0.717, 1.165) is 33.3 Å². The van der Waals surface area contributed by atoms with E-state index in [-0.39, 0.29) is 0 Å². The fraction of sp³-hybridized carbons (Fsp3) is 0.143. The molecule has 3 nitrogen and oxygen atoms in total. The number of rotatable bonds is 0. The maximum atomic E-state index is 5.89. The molecule has 2 aromatic carbocycles. The smallest absolute Gasteiger partial charge is 0.0915 e. The van der Waals surface area contributed by atoms with Crippen molar-refractivity contribution in [2.75, 3.05) is 5.73 Å². The lowest BCUT2D eigenvalue weighted by atomic mass is 10.1. The van der Waals surface area contributed by atoms with Crippen LogP contribution in [-0.2, 0) is 0 Å². The quantitative estimate of drug-likeness (QED) is 0.471. The number of fused-ring (bicyclic) bond motifs is 2. The Bertz CT molecular complexity index is 732. The topological polar surface area (TPSA) is 51.8 Å². The van der Waals surface area contributed by atoms with Crippen molar-refractivity contribution >= 4 is 27.8 Å². The molecule has 2 N–H and O–H groups in total. The molecule has 1 heterocycles. The molecule has 0 aliphatic heterocycles. The molecule has 0 fully saturated rings. The van der Waals surface area contributed by atoms with E-state index >= 15 is 0 Å². The Balaban J connectivity index is 2.43. The van der Waals surface area contributed by atoms with Gasteiger partial charge in [-0.3, -0.25) is 0 Å². The van der Waals surface area contributed by atoms with Gasteiger partial charge in [0.05, 0.1) is 22.1 Å². The molecule has 0 unspecified atom stereocenters. The van der Waals surface area contributed by atoms with Gasteiger partial charge in [-0.1, -0.05) is 6.07 Å². The molecule has 3 aromatic rings. The summed E-state index contributed by atoms with van der Waals surface area (Å²) in [5.41, 5.74) is 12.5. The fourth-order valence-electron chi connectivity index (χ4n) is 1.95. The van der Waals surface area contributed by atoms with Crippen LogP contribution in [0.3, 0.4) is 0 Å². The Morgan fingerprint density at radius 2 is 1.47 bits per heavy atom. The number of aromatic nitrogens is 2. The van der Waals surface area contributed by atoms with Gasteiger partial charge in [-0.25, -0.2) is 9.97 Å². The maximum Gasteiger partial charge on any atom is 0.0915 e. The standard InChI is InChI=1S/C14H13N3/c1-8-3-4-11-12(5-8)17-13-6-9(2)10(15)7-14(13)16-11/h3-7H,15H2,1-2H3. The number of nitrogens with zero attached hydrogens (tertiary/aromatic N) is 2. The van der Waals surface area contributed by atoms with E-state index in [9.17, 15) is 0 Å². The van der Waals surface area contributed by atoms with Gasteiger partial charge < -0.3 is 5.73 Å². The first-order chi connectivity index (χ1) is 8.13. The Hall–Kier alpha value is -2.16. The third-order valence-electron chi connectivity index (χ3n) is 2.98. The van der Waals surface area contributed by atoms with Crippen LogP contribution < -0.4 is 5.73 Å². The van der Waals surface area contributed by atoms with Gasteiger partial charge in [0.25, 0.3) is 0 Å². The number of hydrogen-bond donors (Lipinski definition) is 1. The molecule has 3 heteroatoms. The van der Waals surface area contributed by atoms with E-state index in [1.54, 1.807) is 0 Å². The normalized spacial score (nSPS) is 11.2. The second-order valence-corrected chi connectivity index (χ2v) is 4.41. The highest BCUT2D eigenvalue weighted by atomic mass is 14.8. The Morgan fingerprint density at radius 3 is 2.29 bits per heavy atom. The van der Waals surface area contributed by atoms with E-state index in [1.165, 1.54) is 5.56 Å². The SMILES string of the molecule is Cc1ccc2nc3cc(N)c(C)cc3nc2c1. The molecule has 84 valence electrons. The molecule has 0 aliphatic rings. The van der Waals surface area contributed by atoms with Crippen molar-refractivity contribution in [2.45, 2.75) is 13.8 Å². The third kappa shape index (κ3) is 1.60. The number of hydrogen-bond acceptors (Lipinski definition) is 3. The minimum Gasteiger partial charge on any atom is -0.398 e. The summed E-state index contributed by atoms with van der Waals surface area (Å²) in [5.74, 6) is 0. The lowest BCUT2D eigenvalue weighted by molar-refractivity contribution is 1.35. The zero-order chi connectivity index (χ0) is 12.0. The van der Waals surface area contributed by atoms with Gasteiger partial charge in [-0.2, -0.15) is 0 Å². The van der Waals surface area contributed by atoms with Gasteiger partial charge in [0.2, 0.25) is 0 Å². The van der Waals surface area contributed by atoms with Crippen LogP contribution in [-0.4, -0.2) is 9.97 Å². The summed E-state index contributed by atoms with van der Waals surface area (Å²) in [5, 5.41) is 0. The first kappa shape index (κ1) is 10.0. The second kappa shape index (κ2) is 3.42. The van der Waals surface area contributed by atoms with Crippen LogP contribution in [0.15, 0.2) is 30.3 Å². The van der Waals surface area contributed by atoms with Crippen molar-refractivity contribution in [2.24, 2.45) is 0 Å². The summed E-state index contributed by atoms with van der Waals surface area (Å²) >= 11 is 0. The highest BCUT2D eigenvalue weighted by Gasteiger charge is 2.04. The van der Waals surface area contributed by atoms with Gasteiger partial charge in [0.1, 0.15) is 0 Å². The zero-order valence-corrected chi connectivity index (χ0v) is 9.86. The Kier molecular flexibility index (Phi) is 2.01. The van der Waals surface area contributed by atoms with E-state index in [0.29, 0.717) is 0 Å². The number of benzene rings is 2. The van der Waals surface area contributed by atoms with Crippen LogP contribution in [0.25, 0.3) is 22.1 Å². The van der Waals surface area contributed by atoms with Gasteiger partial charge in [0, 0.05) is 5.69 Å². The summed E-state index contributed by atoms with van der Waals surface area (Å²) in [6.07, 6.45) is 0. The molecule has 0 saturated heterocycles. The molecule has 0 bridgehead atoms. The van der Waals surface area contributed by atoms with Crippen molar-refractivity contribution in [1.29, 1.82) is 0 Å². The van der Waals surface area contributed by atoms with Crippen molar-refractivity contribution in [3.8, 4) is 0 Å². The van der Waals surface area contributed by atoms with Crippen molar-refractivity contribution < 1.29 is 0 Å². The molecule has 0 amide bonds. The van der Waals surface area contributed by atoms with Crippen LogP contribution in [0.5, 0.6) is 0 Å². The summed E-state index contributed by atoms with van der Waals surface area (Å²) < 4.78 is 0. The van der Waals surface area contributed by atoms with Gasteiger partial charge >= 0.3 is 0 Å². The van der Waals surface area contributed by atoms with Crippen molar-refractivity contribution in [3.63, 3.8) is 0 Å². The first-order valence-electron chi connectivity index (χ1n) is 5.58. The Labute approximate surface area is 99.3 Å². The van der Waals surface area contributed by atoms with Crippen LogP contribution in [0.4, 0.5) is 5.69 Å². The zero-order valence-electron chi connectivity index (χ0n) is 9.86. The van der Waals surface area contributed by atoms with Gasteiger partial charge in [0.15, 0.2) is 0 Å².